The number of fused-ring (bicyclic) bond motifs is 3. The second-order valence-corrected chi connectivity index (χ2v) is 7.53. The van der Waals surface area contributed by atoms with Gasteiger partial charge in [0.25, 0.3) is 6.43 Å². The summed E-state index contributed by atoms with van der Waals surface area (Å²) >= 11 is 0. The summed E-state index contributed by atoms with van der Waals surface area (Å²) in [5, 5.41) is 16.3. The summed E-state index contributed by atoms with van der Waals surface area (Å²) in [6.07, 6.45) is 5.14. The van der Waals surface area contributed by atoms with Crippen molar-refractivity contribution in [1.82, 2.24) is 39.4 Å². The van der Waals surface area contributed by atoms with Crippen LogP contribution in [0.25, 0.3) is 22.6 Å². The summed E-state index contributed by atoms with van der Waals surface area (Å²) in [6.45, 7) is 1.54. The van der Waals surface area contributed by atoms with Gasteiger partial charge in [-0.25, -0.2) is 23.0 Å². The fraction of sp³-hybridized carbons (Fsp3) is 0.389. The zero-order valence-electron chi connectivity index (χ0n) is 15.9. The number of rotatable bonds is 4. The van der Waals surface area contributed by atoms with Crippen LogP contribution < -0.4 is 4.90 Å². The van der Waals surface area contributed by atoms with Crippen molar-refractivity contribution in [3.8, 4) is 16.9 Å². The number of halogens is 2. The lowest BCUT2D eigenvalue weighted by Gasteiger charge is -2.27. The molecule has 2 bridgehead atoms. The molecule has 2 atom stereocenters. The maximum absolute atomic E-state index is 13.3. The monoisotopic (exact) mass is 413 g/mol. The highest BCUT2D eigenvalue weighted by Gasteiger charge is 2.39. The van der Waals surface area contributed by atoms with Gasteiger partial charge < -0.3 is 9.64 Å². The van der Waals surface area contributed by atoms with Crippen molar-refractivity contribution in [1.29, 1.82) is 0 Å². The Morgan fingerprint density at radius 2 is 2.17 bits per heavy atom. The molecule has 2 aliphatic heterocycles. The number of morpholine rings is 1. The first kappa shape index (κ1) is 17.4. The maximum atomic E-state index is 13.3. The van der Waals surface area contributed by atoms with Gasteiger partial charge >= 0.3 is 0 Å². The van der Waals surface area contributed by atoms with Gasteiger partial charge in [-0.1, -0.05) is 5.21 Å². The van der Waals surface area contributed by atoms with Crippen LogP contribution >= 0.6 is 0 Å². The number of anilines is 1. The van der Waals surface area contributed by atoms with Gasteiger partial charge in [-0.3, -0.25) is 4.68 Å². The number of hydrogen-bond acceptors (Lipinski definition) is 7. The van der Waals surface area contributed by atoms with E-state index in [2.05, 4.69) is 25.4 Å². The number of nitrogens with zero attached hydrogens (tertiary/aromatic N) is 9. The summed E-state index contributed by atoms with van der Waals surface area (Å²) in [6, 6.07) is 2.28. The van der Waals surface area contributed by atoms with E-state index in [0.29, 0.717) is 22.9 Å². The van der Waals surface area contributed by atoms with Gasteiger partial charge in [-0.15, -0.1) is 5.10 Å². The van der Waals surface area contributed by atoms with E-state index in [0.717, 1.165) is 25.4 Å². The molecule has 0 aromatic carbocycles. The van der Waals surface area contributed by atoms with Gasteiger partial charge in [-0.2, -0.15) is 10.2 Å². The van der Waals surface area contributed by atoms with E-state index >= 15 is 0 Å². The fourth-order valence-electron chi connectivity index (χ4n) is 4.21. The van der Waals surface area contributed by atoms with Crippen LogP contribution in [-0.4, -0.2) is 64.7 Å². The number of hydrogen-bond donors (Lipinski definition) is 0. The summed E-state index contributed by atoms with van der Waals surface area (Å²) in [7, 11) is 1.58. The molecule has 0 saturated carbocycles. The third kappa shape index (κ3) is 2.60. The molecular formula is C18H17F2N9O. The molecule has 12 heteroatoms. The molecule has 0 radical (unpaired) electrons. The molecular weight excluding hydrogens is 396 g/mol. The average Bonchev–Trinajstić information content (AvgIpc) is 3.53. The van der Waals surface area contributed by atoms with E-state index in [1.165, 1.54) is 15.6 Å². The van der Waals surface area contributed by atoms with Gasteiger partial charge in [0.1, 0.15) is 17.2 Å². The third-order valence-electron chi connectivity index (χ3n) is 5.61. The lowest BCUT2D eigenvalue weighted by Crippen LogP contribution is -2.37. The normalized spacial score (nSPS) is 20.9. The van der Waals surface area contributed by atoms with Crippen molar-refractivity contribution in [3.63, 3.8) is 0 Å². The van der Waals surface area contributed by atoms with Gasteiger partial charge in [0.05, 0.1) is 42.9 Å². The van der Waals surface area contributed by atoms with Crippen molar-refractivity contribution in [3.05, 3.63) is 36.5 Å². The molecule has 4 aromatic rings. The van der Waals surface area contributed by atoms with Crippen LogP contribution in [0.15, 0.2) is 30.9 Å². The van der Waals surface area contributed by atoms with Crippen LogP contribution in [0.1, 0.15) is 18.5 Å². The first-order valence-electron chi connectivity index (χ1n) is 9.54. The molecule has 0 spiro atoms. The van der Waals surface area contributed by atoms with Crippen LogP contribution in [0.5, 0.6) is 0 Å². The van der Waals surface area contributed by atoms with Crippen LogP contribution in [0.4, 0.5) is 14.6 Å². The fourth-order valence-corrected chi connectivity index (χ4v) is 4.21. The molecule has 6 rings (SSSR count). The Morgan fingerprint density at radius 3 is 2.93 bits per heavy atom. The summed E-state index contributed by atoms with van der Waals surface area (Å²) < 4.78 is 36.6. The molecule has 2 aliphatic rings. The zero-order valence-corrected chi connectivity index (χ0v) is 15.9. The molecule has 154 valence electrons. The Morgan fingerprint density at radius 1 is 1.27 bits per heavy atom. The highest BCUT2D eigenvalue weighted by atomic mass is 19.3. The maximum Gasteiger partial charge on any atom is 0.284 e. The smallest absolute Gasteiger partial charge is 0.284 e. The lowest BCUT2D eigenvalue weighted by molar-refractivity contribution is 0.0989. The van der Waals surface area contributed by atoms with E-state index < -0.39 is 6.43 Å². The minimum absolute atomic E-state index is 0.185. The quantitative estimate of drug-likeness (QED) is 0.502. The molecule has 0 unspecified atom stereocenters. The molecule has 30 heavy (non-hydrogen) atoms. The van der Waals surface area contributed by atoms with Crippen molar-refractivity contribution >= 4 is 11.5 Å². The van der Waals surface area contributed by atoms with Gasteiger partial charge in [0.2, 0.25) is 0 Å². The predicted octanol–water partition coefficient (Wildman–Crippen LogP) is 1.63. The third-order valence-corrected chi connectivity index (χ3v) is 5.61. The van der Waals surface area contributed by atoms with Crippen molar-refractivity contribution in [2.75, 3.05) is 18.1 Å². The molecule has 0 amide bonds. The zero-order chi connectivity index (χ0) is 20.4. The molecule has 0 aliphatic carbocycles. The second kappa shape index (κ2) is 6.29. The van der Waals surface area contributed by atoms with Crippen LogP contribution in [0.3, 0.4) is 0 Å². The number of aryl methyl sites for hydroxylation is 1. The van der Waals surface area contributed by atoms with Gasteiger partial charge in [-0.05, 0) is 12.5 Å². The van der Waals surface area contributed by atoms with E-state index in [9.17, 15) is 8.78 Å². The van der Waals surface area contributed by atoms with Crippen LogP contribution in [-0.2, 0) is 11.8 Å². The van der Waals surface area contributed by atoms with Crippen molar-refractivity contribution in [2.24, 2.45) is 7.05 Å². The number of aromatic nitrogens is 8. The average molecular weight is 413 g/mol. The highest BCUT2D eigenvalue weighted by molar-refractivity contribution is 5.75. The molecule has 2 saturated heterocycles. The van der Waals surface area contributed by atoms with E-state index in [4.69, 9.17) is 9.72 Å². The van der Waals surface area contributed by atoms with Crippen molar-refractivity contribution < 1.29 is 13.5 Å². The largest absolute Gasteiger partial charge is 0.374 e. The Kier molecular flexibility index (Phi) is 3.66. The first-order valence-corrected chi connectivity index (χ1v) is 9.54. The predicted molar refractivity (Wildman–Crippen MR) is 101 cm³/mol. The van der Waals surface area contributed by atoms with Crippen molar-refractivity contribution in [2.45, 2.75) is 25.0 Å². The molecule has 10 nitrogen and oxygen atoms in total. The minimum atomic E-state index is -2.71. The Labute approximate surface area is 168 Å². The molecule has 4 aromatic heterocycles. The standard InChI is InChI=1S/C18H17F2N9O/c1-26-8-14(16(24-26)17(19)20)29-7-13(23-25-29)12-5-21-28-3-2-15(22-18(12)28)27-6-11-4-10(27)9-30-11/h2-3,5,7-8,10-11,17H,4,6,9H2,1H3/t10-,11-/m1/s1. The number of alkyl halides is 2. The van der Waals surface area contributed by atoms with E-state index in [1.54, 1.807) is 24.0 Å². The first-order chi connectivity index (χ1) is 14.6. The SMILES string of the molecule is Cn1cc(-n2cc(-c3cnn4ccc(N5C[C@H]6C[C@@H]5CO6)nc34)nn2)c(C(F)F)n1. The Hall–Kier alpha value is -3.41. The van der Waals surface area contributed by atoms with Gasteiger partial charge in [0, 0.05) is 19.8 Å². The second-order valence-electron chi connectivity index (χ2n) is 7.53. The lowest BCUT2D eigenvalue weighted by atomic mass is 10.2. The topological polar surface area (TPSA) is 91.2 Å². The summed E-state index contributed by atoms with van der Waals surface area (Å²) in [5.74, 6) is 0.861. The van der Waals surface area contributed by atoms with E-state index in [-0.39, 0.29) is 17.5 Å². The Bertz CT molecular complexity index is 1250. The number of ether oxygens (including phenoxy) is 1. The molecule has 2 fully saturated rings. The molecule has 0 N–H and O–H groups in total. The Balaban J connectivity index is 1.39. The van der Waals surface area contributed by atoms with E-state index in [1.807, 2.05) is 12.3 Å². The van der Waals surface area contributed by atoms with Gasteiger partial charge in [0.15, 0.2) is 11.3 Å². The highest BCUT2D eigenvalue weighted by Crippen LogP contribution is 2.32. The van der Waals surface area contributed by atoms with Crippen LogP contribution in [0.2, 0.25) is 0 Å². The van der Waals surface area contributed by atoms with Crippen LogP contribution in [0, 0.1) is 0 Å². The summed E-state index contributed by atoms with van der Waals surface area (Å²) in [5.41, 5.74) is 1.63. The minimum Gasteiger partial charge on any atom is -0.374 e. The summed E-state index contributed by atoms with van der Waals surface area (Å²) in [4.78, 5) is 7.06. The molecule has 6 heterocycles.